The van der Waals surface area contributed by atoms with E-state index >= 15 is 0 Å². The topological polar surface area (TPSA) is 36.7 Å². The molecule has 1 aromatic heterocycles. The maximum absolute atomic E-state index is 8.36. The van der Waals surface area contributed by atoms with E-state index in [1.165, 1.54) is 6.08 Å². The van der Waals surface area contributed by atoms with E-state index in [1.807, 2.05) is 25.1 Å². The van der Waals surface area contributed by atoms with Gasteiger partial charge in [-0.25, -0.2) is 0 Å². The Morgan fingerprint density at radius 1 is 1.55 bits per heavy atom. The first-order chi connectivity index (χ1) is 5.34. The Bertz CT molecular complexity index is 293. The summed E-state index contributed by atoms with van der Waals surface area (Å²) in [5.41, 5.74) is 2.01. The van der Waals surface area contributed by atoms with Gasteiger partial charge in [0.1, 0.15) is 0 Å². The van der Waals surface area contributed by atoms with Crippen LogP contribution >= 0.6 is 0 Å². The van der Waals surface area contributed by atoms with Crippen molar-refractivity contribution in [1.82, 2.24) is 4.98 Å². The molecule has 0 aliphatic rings. The zero-order valence-electron chi connectivity index (χ0n) is 6.28. The molecule has 0 bridgehead atoms. The van der Waals surface area contributed by atoms with Crippen LogP contribution in [-0.2, 0) is 0 Å². The Kier molecular flexibility index (Phi) is 2.40. The van der Waals surface area contributed by atoms with Crippen LogP contribution in [0, 0.1) is 11.3 Å². The highest BCUT2D eigenvalue weighted by molar-refractivity contribution is 5.65. The van der Waals surface area contributed by atoms with Crippen molar-refractivity contribution < 1.29 is 0 Å². The number of nitriles is 1. The number of hydrogen-bond acceptors (Lipinski definition) is 2. The second-order valence-corrected chi connectivity index (χ2v) is 2.19. The highest BCUT2D eigenvalue weighted by Crippen LogP contribution is 2.10. The molecule has 0 radical (unpaired) electrons. The molecule has 0 fully saturated rings. The Balaban J connectivity index is 2.96. The van der Waals surface area contributed by atoms with Crippen molar-refractivity contribution in [3.05, 3.63) is 36.2 Å². The minimum Gasteiger partial charge on any atom is -0.265 e. The molecular formula is C9H8N2. The summed E-state index contributed by atoms with van der Waals surface area (Å²) in [5, 5.41) is 8.36. The summed E-state index contributed by atoms with van der Waals surface area (Å²) in [7, 11) is 0. The Hall–Kier alpha value is -1.62. The molecule has 2 nitrogen and oxygen atoms in total. The average Bonchev–Trinajstić information content (AvgIpc) is 2.07. The molecule has 0 atom stereocenters. The molecule has 1 heterocycles. The molecule has 1 rings (SSSR count). The lowest BCUT2D eigenvalue weighted by atomic mass is 10.1. The second kappa shape index (κ2) is 3.52. The minimum absolute atomic E-state index is 0.968. The van der Waals surface area contributed by atoms with Gasteiger partial charge in [-0.05, 0) is 30.2 Å². The first-order valence-electron chi connectivity index (χ1n) is 3.31. The fourth-order valence-corrected chi connectivity index (χ4v) is 0.795. The number of allylic oxidation sites excluding steroid dienone is 2. The fourth-order valence-electron chi connectivity index (χ4n) is 0.795. The monoisotopic (exact) mass is 144 g/mol. The smallest absolute Gasteiger partial charge is 0.0915 e. The zero-order chi connectivity index (χ0) is 8.10. The Morgan fingerprint density at radius 3 is 2.73 bits per heavy atom. The number of pyridine rings is 1. The number of aromatic nitrogens is 1. The van der Waals surface area contributed by atoms with Crippen LogP contribution in [0.25, 0.3) is 5.57 Å². The van der Waals surface area contributed by atoms with Gasteiger partial charge in [0.15, 0.2) is 0 Å². The largest absolute Gasteiger partial charge is 0.265 e. The van der Waals surface area contributed by atoms with Gasteiger partial charge in [-0.1, -0.05) is 0 Å². The van der Waals surface area contributed by atoms with E-state index in [9.17, 15) is 0 Å². The van der Waals surface area contributed by atoms with E-state index in [1.54, 1.807) is 12.4 Å². The van der Waals surface area contributed by atoms with Crippen LogP contribution in [0.1, 0.15) is 12.5 Å². The van der Waals surface area contributed by atoms with Gasteiger partial charge in [-0.15, -0.1) is 0 Å². The molecule has 54 valence electrons. The summed E-state index contributed by atoms with van der Waals surface area (Å²) in [6.45, 7) is 1.90. The summed E-state index contributed by atoms with van der Waals surface area (Å²) in [6, 6.07) is 5.74. The van der Waals surface area contributed by atoms with Crippen molar-refractivity contribution in [3.8, 4) is 6.07 Å². The van der Waals surface area contributed by atoms with E-state index in [4.69, 9.17) is 5.26 Å². The Morgan fingerprint density at radius 2 is 2.18 bits per heavy atom. The van der Waals surface area contributed by atoms with Crippen molar-refractivity contribution in [2.45, 2.75) is 6.92 Å². The average molecular weight is 144 g/mol. The van der Waals surface area contributed by atoms with Crippen LogP contribution in [0.4, 0.5) is 0 Å². The van der Waals surface area contributed by atoms with Crippen LogP contribution in [0.15, 0.2) is 30.6 Å². The molecular weight excluding hydrogens is 136 g/mol. The van der Waals surface area contributed by atoms with Crippen molar-refractivity contribution in [1.29, 1.82) is 5.26 Å². The molecule has 0 spiro atoms. The van der Waals surface area contributed by atoms with E-state index in [0.717, 1.165) is 11.1 Å². The molecule has 0 unspecified atom stereocenters. The normalized spacial score (nSPS) is 10.7. The summed E-state index contributed by atoms with van der Waals surface area (Å²) < 4.78 is 0. The van der Waals surface area contributed by atoms with E-state index < -0.39 is 0 Å². The first-order valence-corrected chi connectivity index (χ1v) is 3.31. The number of nitrogens with zero attached hydrogens (tertiary/aromatic N) is 2. The zero-order valence-corrected chi connectivity index (χ0v) is 6.28. The highest BCUT2D eigenvalue weighted by atomic mass is 14.6. The lowest BCUT2D eigenvalue weighted by molar-refractivity contribution is 1.31. The molecule has 2 heteroatoms. The maximum Gasteiger partial charge on any atom is 0.0915 e. The summed E-state index contributed by atoms with van der Waals surface area (Å²) in [6.07, 6.45) is 4.95. The van der Waals surface area contributed by atoms with Crippen LogP contribution in [0.3, 0.4) is 0 Å². The van der Waals surface area contributed by atoms with Crippen molar-refractivity contribution >= 4 is 5.57 Å². The van der Waals surface area contributed by atoms with Gasteiger partial charge in [0.25, 0.3) is 0 Å². The van der Waals surface area contributed by atoms with Gasteiger partial charge in [0.05, 0.1) is 6.07 Å². The molecule has 0 aliphatic heterocycles. The molecule has 0 saturated heterocycles. The third-order valence-electron chi connectivity index (χ3n) is 1.42. The molecule has 11 heavy (non-hydrogen) atoms. The molecule has 0 saturated carbocycles. The van der Waals surface area contributed by atoms with Crippen LogP contribution in [0.5, 0.6) is 0 Å². The predicted molar refractivity (Wildman–Crippen MR) is 43.5 cm³/mol. The predicted octanol–water partition coefficient (Wildman–Crippen LogP) is 2.01. The van der Waals surface area contributed by atoms with Gasteiger partial charge in [-0.2, -0.15) is 5.26 Å². The molecule has 0 amide bonds. The molecule has 0 aliphatic carbocycles. The van der Waals surface area contributed by atoms with Gasteiger partial charge in [0.2, 0.25) is 0 Å². The van der Waals surface area contributed by atoms with E-state index in [0.29, 0.717) is 0 Å². The maximum atomic E-state index is 8.36. The summed E-state index contributed by atoms with van der Waals surface area (Å²) in [5.74, 6) is 0. The lowest BCUT2D eigenvalue weighted by Crippen LogP contribution is -1.78. The lowest BCUT2D eigenvalue weighted by Gasteiger charge is -1.95. The minimum atomic E-state index is 0.968. The third kappa shape index (κ3) is 1.91. The second-order valence-electron chi connectivity index (χ2n) is 2.19. The van der Waals surface area contributed by atoms with E-state index in [-0.39, 0.29) is 0 Å². The van der Waals surface area contributed by atoms with Gasteiger partial charge in [-0.3, -0.25) is 4.98 Å². The number of rotatable bonds is 1. The standard InChI is InChI=1S/C9H8N2/c1-8(2-5-10)9-3-6-11-7-4-9/h2-4,6-7H,1H3. The molecule has 0 N–H and O–H groups in total. The molecule has 1 aromatic rings. The van der Waals surface area contributed by atoms with Crippen molar-refractivity contribution in [3.63, 3.8) is 0 Å². The quantitative estimate of drug-likeness (QED) is 0.565. The van der Waals surface area contributed by atoms with Gasteiger partial charge >= 0.3 is 0 Å². The SMILES string of the molecule is CC(=CC#N)c1ccncc1. The van der Waals surface area contributed by atoms with Gasteiger partial charge < -0.3 is 0 Å². The van der Waals surface area contributed by atoms with Crippen LogP contribution in [-0.4, -0.2) is 4.98 Å². The summed E-state index contributed by atoms with van der Waals surface area (Å²) >= 11 is 0. The van der Waals surface area contributed by atoms with E-state index in [2.05, 4.69) is 4.98 Å². The molecule has 0 aromatic carbocycles. The van der Waals surface area contributed by atoms with Gasteiger partial charge in [0, 0.05) is 18.5 Å². The third-order valence-corrected chi connectivity index (χ3v) is 1.42. The Labute approximate surface area is 65.8 Å². The first kappa shape index (κ1) is 7.49. The van der Waals surface area contributed by atoms with Crippen molar-refractivity contribution in [2.75, 3.05) is 0 Å². The van der Waals surface area contributed by atoms with Crippen molar-refractivity contribution in [2.24, 2.45) is 0 Å². The number of hydrogen-bond donors (Lipinski definition) is 0. The van der Waals surface area contributed by atoms with Crippen LogP contribution < -0.4 is 0 Å². The highest BCUT2D eigenvalue weighted by Gasteiger charge is 1.91. The fraction of sp³-hybridized carbons (Fsp3) is 0.111. The van der Waals surface area contributed by atoms with Crippen LogP contribution in [0.2, 0.25) is 0 Å². The summed E-state index contributed by atoms with van der Waals surface area (Å²) in [4.78, 5) is 3.88.